The average molecular weight is 272 g/mol. The maximum absolute atomic E-state index is 11.1. The highest BCUT2D eigenvalue weighted by Crippen LogP contribution is 2.17. The molecule has 0 aliphatic rings. The highest BCUT2D eigenvalue weighted by Gasteiger charge is 2.04. The van der Waals surface area contributed by atoms with Gasteiger partial charge in [-0.3, -0.25) is 4.72 Å². The van der Waals surface area contributed by atoms with Gasteiger partial charge in [0.15, 0.2) is 0 Å². The average Bonchev–Trinajstić information content (AvgIpc) is 2.24. The van der Waals surface area contributed by atoms with Crippen molar-refractivity contribution in [3.8, 4) is 0 Å². The zero-order chi connectivity index (χ0) is 13.6. The number of sulfonamides is 1. The lowest BCUT2D eigenvalue weighted by atomic mass is 10.2. The maximum atomic E-state index is 11.1. The second-order valence-corrected chi connectivity index (χ2v) is 6.03. The Kier molecular flexibility index (Phi) is 5.43. The first-order chi connectivity index (χ1) is 8.40. The first-order valence-electron chi connectivity index (χ1n) is 5.74. The van der Waals surface area contributed by atoms with Crippen LogP contribution in [-0.2, 0) is 14.8 Å². The highest BCUT2D eigenvalue weighted by molar-refractivity contribution is 7.92. The van der Waals surface area contributed by atoms with Crippen molar-refractivity contribution in [1.29, 1.82) is 0 Å². The topological polar surface area (TPSA) is 67.4 Å². The van der Waals surface area contributed by atoms with Crippen molar-refractivity contribution in [2.75, 3.05) is 30.0 Å². The van der Waals surface area contributed by atoms with Crippen LogP contribution in [0.4, 0.5) is 11.4 Å². The van der Waals surface area contributed by atoms with Gasteiger partial charge >= 0.3 is 0 Å². The number of nitrogens with one attached hydrogen (secondary N) is 2. The summed E-state index contributed by atoms with van der Waals surface area (Å²) in [6.07, 6.45) is 2.02. The molecule has 5 nitrogen and oxygen atoms in total. The molecule has 1 aromatic rings. The quantitative estimate of drug-likeness (QED) is 0.795. The van der Waals surface area contributed by atoms with Gasteiger partial charge in [-0.1, -0.05) is 6.07 Å². The van der Waals surface area contributed by atoms with Crippen molar-refractivity contribution in [3.05, 3.63) is 24.3 Å². The van der Waals surface area contributed by atoms with Gasteiger partial charge in [-0.2, -0.15) is 0 Å². The highest BCUT2D eigenvalue weighted by atomic mass is 32.2. The van der Waals surface area contributed by atoms with Gasteiger partial charge in [0.2, 0.25) is 10.0 Å². The number of hydrogen-bond acceptors (Lipinski definition) is 4. The molecule has 0 heterocycles. The summed E-state index contributed by atoms with van der Waals surface area (Å²) in [4.78, 5) is 0. The van der Waals surface area contributed by atoms with Gasteiger partial charge in [0, 0.05) is 25.4 Å². The summed E-state index contributed by atoms with van der Waals surface area (Å²) in [5.41, 5.74) is 1.44. The van der Waals surface area contributed by atoms with Crippen molar-refractivity contribution in [3.63, 3.8) is 0 Å². The first kappa shape index (κ1) is 14.8. The minimum absolute atomic E-state index is 0.262. The Balaban J connectivity index is 2.64. The molecule has 0 aliphatic heterocycles. The van der Waals surface area contributed by atoms with Crippen LogP contribution in [0.2, 0.25) is 0 Å². The Morgan fingerprint density at radius 1 is 1.33 bits per heavy atom. The molecular formula is C12H20N2O3S. The maximum Gasteiger partial charge on any atom is 0.229 e. The molecule has 1 atom stereocenters. The summed E-state index contributed by atoms with van der Waals surface area (Å²) >= 11 is 0. The predicted octanol–water partition coefficient (Wildman–Crippen LogP) is 1.89. The van der Waals surface area contributed by atoms with Crippen LogP contribution in [0.1, 0.15) is 13.3 Å². The minimum Gasteiger partial charge on any atom is -0.385 e. The zero-order valence-corrected chi connectivity index (χ0v) is 11.8. The van der Waals surface area contributed by atoms with E-state index in [4.69, 9.17) is 4.74 Å². The molecule has 0 radical (unpaired) electrons. The molecule has 18 heavy (non-hydrogen) atoms. The molecule has 1 aromatic carbocycles. The summed E-state index contributed by atoms with van der Waals surface area (Å²) in [6, 6.07) is 7.45. The molecule has 1 unspecified atom stereocenters. The molecule has 102 valence electrons. The molecule has 0 aliphatic carbocycles. The van der Waals surface area contributed by atoms with E-state index in [1.807, 2.05) is 6.07 Å². The fraction of sp³-hybridized carbons (Fsp3) is 0.500. The summed E-state index contributed by atoms with van der Waals surface area (Å²) < 4.78 is 29.7. The van der Waals surface area contributed by atoms with E-state index in [-0.39, 0.29) is 6.04 Å². The van der Waals surface area contributed by atoms with Crippen LogP contribution in [-0.4, -0.2) is 34.4 Å². The second kappa shape index (κ2) is 6.61. The van der Waals surface area contributed by atoms with Crippen molar-refractivity contribution in [2.45, 2.75) is 19.4 Å². The fourth-order valence-electron chi connectivity index (χ4n) is 1.54. The van der Waals surface area contributed by atoms with Gasteiger partial charge in [-0.15, -0.1) is 0 Å². The van der Waals surface area contributed by atoms with E-state index >= 15 is 0 Å². The van der Waals surface area contributed by atoms with Gasteiger partial charge in [0.05, 0.1) is 11.9 Å². The third-order valence-electron chi connectivity index (χ3n) is 2.33. The van der Waals surface area contributed by atoms with E-state index in [0.717, 1.165) is 18.4 Å². The van der Waals surface area contributed by atoms with Crippen LogP contribution in [0, 0.1) is 0 Å². The van der Waals surface area contributed by atoms with Crippen molar-refractivity contribution in [1.82, 2.24) is 0 Å². The van der Waals surface area contributed by atoms with Crippen LogP contribution in [0.3, 0.4) is 0 Å². The normalized spacial score (nSPS) is 13.1. The SMILES string of the molecule is COCCC(C)Nc1cccc(NS(C)(=O)=O)c1. The summed E-state index contributed by atoms with van der Waals surface area (Å²) in [5.74, 6) is 0. The molecule has 0 saturated heterocycles. The van der Waals surface area contributed by atoms with E-state index in [1.165, 1.54) is 0 Å². The molecule has 2 N–H and O–H groups in total. The molecule has 0 amide bonds. The van der Waals surface area contributed by atoms with E-state index < -0.39 is 10.0 Å². The standard InChI is InChI=1S/C12H20N2O3S/c1-10(7-8-17-2)13-11-5-4-6-12(9-11)14-18(3,15)16/h4-6,9-10,13-14H,7-8H2,1-3H3. The summed E-state index contributed by atoms with van der Waals surface area (Å²) in [5, 5.41) is 3.29. The van der Waals surface area contributed by atoms with E-state index in [0.29, 0.717) is 12.3 Å². The number of ether oxygens (including phenoxy) is 1. The Hall–Kier alpha value is -1.27. The molecule has 1 rings (SSSR count). The van der Waals surface area contributed by atoms with Crippen LogP contribution < -0.4 is 10.0 Å². The Labute approximate surface area is 109 Å². The first-order valence-corrected chi connectivity index (χ1v) is 7.63. The zero-order valence-electron chi connectivity index (χ0n) is 10.9. The third kappa shape index (κ3) is 5.88. The minimum atomic E-state index is -3.23. The van der Waals surface area contributed by atoms with Gasteiger partial charge in [0.1, 0.15) is 0 Å². The van der Waals surface area contributed by atoms with Gasteiger partial charge < -0.3 is 10.1 Å². The monoisotopic (exact) mass is 272 g/mol. The molecule has 6 heteroatoms. The smallest absolute Gasteiger partial charge is 0.229 e. The van der Waals surface area contributed by atoms with E-state index in [9.17, 15) is 8.42 Å². The third-order valence-corrected chi connectivity index (χ3v) is 2.94. The molecule has 0 aromatic heterocycles. The Bertz CT molecular complexity index is 474. The summed E-state index contributed by atoms with van der Waals surface area (Å²) in [7, 11) is -1.56. The van der Waals surface area contributed by atoms with E-state index in [2.05, 4.69) is 17.0 Å². The van der Waals surface area contributed by atoms with Crippen LogP contribution in [0.15, 0.2) is 24.3 Å². The lowest BCUT2D eigenvalue weighted by Gasteiger charge is -2.15. The number of benzene rings is 1. The van der Waals surface area contributed by atoms with E-state index in [1.54, 1.807) is 25.3 Å². The van der Waals surface area contributed by atoms with Crippen molar-refractivity contribution in [2.24, 2.45) is 0 Å². The lowest BCUT2D eigenvalue weighted by molar-refractivity contribution is 0.191. The number of anilines is 2. The van der Waals surface area contributed by atoms with Crippen LogP contribution in [0.5, 0.6) is 0 Å². The molecular weight excluding hydrogens is 252 g/mol. The van der Waals surface area contributed by atoms with Gasteiger partial charge in [-0.05, 0) is 31.5 Å². The molecule has 0 spiro atoms. The van der Waals surface area contributed by atoms with Crippen LogP contribution >= 0.6 is 0 Å². The fourth-order valence-corrected chi connectivity index (χ4v) is 2.09. The van der Waals surface area contributed by atoms with Crippen LogP contribution in [0.25, 0.3) is 0 Å². The van der Waals surface area contributed by atoms with Gasteiger partial charge in [-0.25, -0.2) is 8.42 Å². The number of hydrogen-bond donors (Lipinski definition) is 2. The Morgan fingerprint density at radius 2 is 2.00 bits per heavy atom. The predicted molar refractivity (Wildman–Crippen MR) is 74.5 cm³/mol. The number of rotatable bonds is 7. The largest absolute Gasteiger partial charge is 0.385 e. The van der Waals surface area contributed by atoms with Crippen molar-refractivity contribution < 1.29 is 13.2 Å². The molecule has 0 saturated carbocycles. The second-order valence-electron chi connectivity index (χ2n) is 4.28. The van der Waals surface area contributed by atoms with Crippen molar-refractivity contribution >= 4 is 21.4 Å². The summed E-state index contributed by atoms with van der Waals surface area (Å²) in [6.45, 7) is 2.74. The van der Waals surface area contributed by atoms with Gasteiger partial charge in [0.25, 0.3) is 0 Å². The number of methoxy groups -OCH3 is 1. The lowest BCUT2D eigenvalue weighted by Crippen LogP contribution is -2.17. The Morgan fingerprint density at radius 3 is 2.61 bits per heavy atom. The molecule has 0 bridgehead atoms. The molecule has 0 fully saturated rings.